The van der Waals surface area contributed by atoms with Crippen LogP contribution < -0.4 is 0 Å². The van der Waals surface area contributed by atoms with Gasteiger partial charge in [-0.25, -0.2) is 0 Å². The summed E-state index contributed by atoms with van der Waals surface area (Å²) in [5.74, 6) is 20.2. The normalized spacial score (nSPS) is 52.1. The summed E-state index contributed by atoms with van der Waals surface area (Å²) in [6.45, 7) is 0. The predicted octanol–water partition coefficient (Wildman–Crippen LogP) is 14.7. The van der Waals surface area contributed by atoms with Gasteiger partial charge in [-0.15, -0.1) is 0 Å². The SMILES string of the molecule is C1CCC(C2CCCC(C3C4CC5CCCCC5CC4C(C4CCCC(C5CCCCC5)C4)C4CC5C(CCC6CCCCC65)CC43)C2)CC1. The highest BCUT2D eigenvalue weighted by Gasteiger charge is 2.60. The lowest BCUT2D eigenvalue weighted by Gasteiger charge is -2.65. The second-order valence-electron chi connectivity index (χ2n) is 22.4. The topological polar surface area (TPSA) is 0 Å². The van der Waals surface area contributed by atoms with Crippen molar-refractivity contribution in [2.45, 2.75) is 205 Å². The Hall–Kier alpha value is 0. The molecule has 0 spiro atoms. The first kappa shape index (κ1) is 34.5. The van der Waals surface area contributed by atoms with Crippen molar-refractivity contribution in [3.05, 3.63) is 0 Å². The van der Waals surface area contributed by atoms with Crippen molar-refractivity contribution in [2.24, 2.45) is 107 Å². The van der Waals surface area contributed by atoms with Gasteiger partial charge in [0.15, 0.2) is 0 Å². The fourth-order valence-corrected chi connectivity index (χ4v) is 18.9. The van der Waals surface area contributed by atoms with E-state index in [-0.39, 0.29) is 0 Å². The fourth-order valence-electron chi connectivity index (χ4n) is 18.9. The third-order valence-corrected chi connectivity index (χ3v) is 20.7. The van der Waals surface area contributed by atoms with Crippen LogP contribution in [0.15, 0.2) is 0 Å². The first-order valence-electron chi connectivity index (χ1n) is 24.8. The van der Waals surface area contributed by atoms with Crippen LogP contribution in [0.2, 0.25) is 0 Å². The molecule has 10 aliphatic carbocycles. The Morgan fingerprint density at radius 2 is 0.520 bits per heavy atom. The fraction of sp³-hybridized carbons (Fsp3) is 1.00. The molecule has 50 heavy (non-hydrogen) atoms. The Kier molecular flexibility index (Phi) is 10.5. The molecule has 0 bridgehead atoms. The van der Waals surface area contributed by atoms with Crippen LogP contribution in [0.4, 0.5) is 0 Å². The zero-order valence-electron chi connectivity index (χ0n) is 33.0. The maximum absolute atomic E-state index is 1.73. The molecule has 10 rings (SSSR count). The molecule has 10 saturated carbocycles. The van der Waals surface area contributed by atoms with Gasteiger partial charge >= 0.3 is 0 Å². The molecule has 10 fully saturated rings. The summed E-state index contributed by atoms with van der Waals surface area (Å²) in [5.41, 5.74) is 0. The predicted molar refractivity (Wildman–Crippen MR) is 211 cm³/mol. The summed E-state index contributed by atoms with van der Waals surface area (Å²) in [7, 11) is 0. The molecular formula is C50H82. The molecule has 16 atom stereocenters. The van der Waals surface area contributed by atoms with Crippen molar-refractivity contribution in [1.82, 2.24) is 0 Å². The van der Waals surface area contributed by atoms with Crippen LogP contribution in [0.25, 0.3) is 0 Å². The van der Waals surface area contributed by atoms with Gasteiger partial charge in [0, 0.05) is 0 Å². The minimum Gasteiger partial charge on any atom is -0.0533 e. The molecule has 0 aromatic carbocycles. The minimum atomic E-state index is 1.11. The van der Waals surface area contributed by atoms with Crippen molar-refractivity contribution in [3.63, 3.8) is 0 Å². The number of hydrogen-bond donors (Lipinski definition) is 0. The molecule has 0 radical (unpaired) electrons. The Morgan fingerprint density at radius 3 is 1.08 bits per heavy atom. The third-order valence-electron chi connectivity index (χ3n) is 20.7. The molecule has 0 amide bonds. The summed E-state index contributed by atoms with van der Waals surface area (Å²) >= 11 is 0. The highest BCUT2D eigenvalue weighted by molar-refractivity contribution is 5.09. The molecule has 0 aromatic rings. The van der Waals surface area contributed by atoms with E-state index < -0.39 is 0 Å². The largest absolute Gasteiger partial charge is 0.0533 e. The number of hydrogen-bond acceptors (Lipinski definition) is 0. The smallest absolute Gasteiger partial charge is 0.0323 e. The van der Waals surface area contributed by atoms with Gasteiger partial charge in [0.2, 0.25) is 0 Å². The van der Waals surface area contributed by atoms with Crippen LogP contribution in [-0.2, 0) is 0 Å². The molecule has 10 aliphatic rings. The molecule has 0 aliphatic heterocycles. The molecule has 0 aromatic heterocycles. The van der Waals surface area contributed by atoms with Crippen molar-refractivity contribution < 1.29 is 0 Å². The van der Waals surface area contributed by atoms with Crippen molar-refractivity contribution >= 4 is 0 Å². The number of rotatable bonds is 4. The van der Waals surface area contributed by atoms with Gasteiger partial charge in [-0.3, -0.25) is 0 Å². The van der Waals surface area contributed by atoms with Crippen LogP contribution in [0.1, 0.15) is 205 Å². The summed E-state index contributed by atoms with van der Waals surface area (Å²) in [4.78, 5) is 0. The molecule has 0 N–H and O–H groups in total. The van der Waals surface area contributed by atoms with Gasteiger partial charge < -0.3 is 0 Å². The van der Waals surface area contributed by atoms with Crippen molar-refractivity contribution in [2.75, 3.05) is 0 Å². The molecular weight excluding hydrogens is 601 g/mol. The zero-order chi connectivity index (χ0) is 33.0. The number of fused-ring (bicyclic) bond motifs is 6. The van der Waals surface area contributed by atoms with E-state index in [1.54, 1.807) is 205 Å². The zero-order valence-corrected chi connectivity index (χ0v) is 33.0. The molecule has 16 unspecified atom stereocenters. The monoisotopic (exact) mass is 683 g/mol. The van der Waals surface area contributed by atoms with E-state index in [1.807, 2.05) is 0 Å². The molecule has 0 saturated heterocycles. The Balaban J connectivity index is 1.00. The van der Waals surface area contributed by atoms with E-state index in [4.69, 9.17) is 0 Å². The maximum Gasteiger partial charge on any atom is -0.0323 e. The van der Waals surface area contributed by atoms with Crippen LogP contribution in [0.5, 0.6) is 0 Å². The highest BCUT2D eigenvalue weighted by Crippen LogP contribution is 2.68. The Morgan fingerprint density at radius 1 is 0.160 bits per heavy atom. The summed E-state index contributed by atoms with van der Waals surface area (Å²) in [6, 6.07) is 0. The van der Waals surface area contributed by atoms with Crippen molar-refractivity contribution in [3.8, 4) is 0 Å². The van der Waals surface area contributed by atoms with Crippen molar-refractivity contribution in [1.29, 1.82) is 0 Å². The van der Waals surface area contributed by atoms with E-state index in [0.717, 1.165) is 107 Å². The van der Waals surface area contributed by atoms with Crippen LogP contribution in [-0.4, -0.2) is 0 Å². The average molecular weight is 683 g/mol. The molecule has 0 heteroatoms. The summed E-state index contributed by atoms with van der Waals surface area (Å²) < 4.78 is 0. The summed E-state index contributed by atoms with van der Waals surface area (Å²) in [6.07, 6.45) is 51.8. The average Bonchev–Trinajstić information content (AvgIpc) is 3.19. The third kappa shape index (κ3) is 6.57. The first-order chi connectivity index (χ1) is 24.8. The lowest BCUT2D eigenvalue weighted by molar-refractivity contribution is -0.164. The second-order valence-corrected chi connectivity index (χ2v) is 22.4. The maximum atomic E-state index is 1.73. The molecule has 0 heterocycles. The van der Waals surface area contributed by atoms with E-state index in [1.165, 1.54) is 0 Å². The van der Waals surface area contributed by atoms with Crippen LogP contribution >= 0.6 is 0 Å². The standard InChI is InChI=1S/C50H82/c1-3-13-33(14-4-1)36-20-11-22-41(27-36)49-45-29-38-18-7-8-19-39(38)30-46(45)50(42-23-12-21-37(28-42)34-15-5-2-6-16-34)48-32-44-40(31-47(48)49)26-25-35-17-9-10-24-43(35)44/h33-50H,1-32H2. The van der Waals surface area contributed by atoms with E-state index >= 15 is 0 Å². The van der Waals surface area contributed by atoms with Gasteiger partial charge in [0.25, 0.3) is 0 Å². The quantitative estimate of drug-likeness (QED) is 0.277. The van der Waals surface area contributed by atoms with E-state index in [9.17, 15) is 0 Å². The lowest BCUT2D eigenvalue weighted by atomic mass is 9.40. The highest BCUT2D eigenvalue weighted by atomic mass is 14.7. The van der Waals surface area contributed by atoms with Gasteiger partial charge in [-0.1, -0.05) is 148 Å². The van der Waals surface area contributed by atoms with Gasteiger partial charge in [-0.2, -0.15) is 0 Å². The lowest BCUT2D eigenvalue weighted by Crippen LogP contribution is -2.58. The van der Waals surface area contributed by atoms with Crippen LogP contribution in [0.3, 0.4) is 0 Å². The minimum absolute atomic E-state index is 1.11. The van der Waals surface area contributed by atoms with Gasteiger partial charge in [-0.05, 0) is 164 Å². The van der Waals surface area contributed by atoms with E-state index in [0.29, 0.717) is 0 Å². The first-order valence-corrected chi connectivity index (χ1v) is 24.8. The second kappa shape index (κ2) is 15.3. The Labute approximate surface area is 311 Å². The van der Waals surface area contributed by atoms with E-state index in [2.05, 4.69) is 0 Å². The van der Waals surface area contributed by atoms with Gasteiger partial charge in [0.05, 0.1) is 0 Å². The van der Waals surface area contributed by atoms with Crippen LogP contribution in [0, 0.1) is 107 Å². The summed E-state index contributed by atoms with van der Waals surface area (Å²) in [5, 5.41) is 0. The molecule has 282 valence electrons. The molecule has 0 nitrogen and oxygen atoms in total. The van der Waals surface area contributed by atoms with Gasteiger partial charge in [0.1, 0.15) is 0 Å². The Bertz CT molecular complexity index is 1090.